The lowest BCUT2D eigenvalue weighted by atomic mass is 10.0. The summed E-state index contributed by atoms with van der Waals surface area (Å²) in [5.41, 5.74) is 1.94. The fourth-order valence-corrected chi connectivity index (χ4v) is 3.53. The first-order valence-corrected chi connectivity index (χ1v) is 10.4. The zero-order chi connectivity index (χ0) is 20.0. The highest BCUT2D eigenvalue weighted by atomic mass is 32.2. The molecule has 2 rings (SSSR count). The molecule has 0 aliphatic rings. The number of nitrogens with one attached hydrogen (secondary N) is 2. The molecule has 0 saturated heterocycles. The van der Waals surface area contributed by atoms with Crippen molar-refractivity contribution in [2.24, 2.45) is 0 Å². The van der Waals surface area contributed by atoms with Crippen molar-refractivity contribution < 1.29 is 17.9 Å². The zero-order valence-electron chi connectivity index (χ0n) is 16.1. The van der Waals surface area contributed by atoms with Gasteiger partial charge in [0, 0.05) is 12.1 Å². The van der Waals surface area contributed by atoms with Crippen molar-refractivity contribution >= 4 is 27.3 Å². The predicted molar refractivity (Wildman–Crippen MR) is 108 cm³/mol. The van der Waals surface area contributed by atoms with Gasteiger partial charge in [-0.3, -0.25) is 9.52 Å². The number of hydrogen-bond donors (Lipinski definition) is 2. The summed E-state index contributed by atoms with van der Waals surface area (Å²) in [5, 5.41) is 2.69. The Morgan fingerprint density at radius 2 is 1.74 bits per heavy atom. The molecule has 1 amide bonds. The number of carbonyl (C=O) groups is 1. The van der Waals surface area contributed by atoms with Crippen LogP contribution in [0.2, 0.25) is 0 Å². The van der Waals surface area contributed by atoms with Gasteiger partial charge in [0.1, 0.15) is 5.75 Å². The van der Waals surface area contributed by atoms with Gasteiger partial charge in [-0.05, 0) is 48.7 Å². The van der Waals surface area contributed by atoms with Crippen molar-refractivity contribution in [1.29, 1.82) is 0 Å². The molecule has 0 fully saturated rings. The summed E-state index contributed by atoms with van der Waals surface area (Å²) in [6.45, 7) is 8.09. The van der Waals surface area contributed by atoms with Crippen LogP contribution in [0.3, 0.4) is 0 Å². The smallest absolute Gasteiger partial charge is 0.261 e. The van der Waals surface area contributed by atoms with Crippen molar-refractivity contribution in [2.45, 2.75) is 44.9 Å². The highest BCUT2D eigenvalue weighted by Crippen LogP contribution is 2.29. The van der Waals surface area contributed by atoms with E-state index in [-0.39, 0.29) is 17.2 Å². The Balaban J connectivity index is 2.31. The second kappa shape index (κ2) is 8.90. The Labute approximate surface area is 161 Å². The first kappa shape index (κ1) is 20.8. The first-order chi connectivity index (χ1) is 12.8. The van der Waals surface area contributed by atoms with E-state index in [9.17, 15) is 13.2 Å². The molecule has 27 heavy (non-hydrogen) atoms. The van der Waals surface area contributed by atoms with Gasteiger partial charge in [-0.2, -0.15) is 0 Å². The summed E-state index contributed by atoms with van der Waals surface area (Å²) in [6, 6.07) is 11.7. The van der Waals surface area contributed by atoms with Crippen molar-refractivity contribution in [3.63, 3.8) is 0 Å². The minimum atomic E-state index is -3.80. The molecule has 0 unspecified atom stereocenters. The normalized spacial score (nSPS) is 11.3. The summed E-state index contributed by atoms with van der Waals surface area (Å²) < 4.78 is 33.5. The largest absolute Gasteiger partial charge is 0.492 e. The third-order valence-corrected chi connectivity index (χ3v) is 5.36. The highest BCUT2D eigenvalue weighted by molar-refractivity contribution is 7.92. The number of rotatable bonds is 8. The maximum atomic E-state index is 12.7. The van der Waals surface area contributed by atoms with Gasteiger partial charge in [-0.1, -0.05) is 32.9 Å². The van der Waals surface area contributed by atoms with Crippen molar-refractivity contribution in [3.8, 4) is 5.75 Å². The summed E-state index contributed by atoms with van der Waals surface area (Å²) in [6.07, 6.45) is 0.281. The van der Waals surface area contributed by atoms with E-state index in [0.717, 1.165) is 5.56 Å². The number of ether oxygens (including phenoxy) is 1. The molecule has 6 nitrogen and oxygen atoms in total. The summed E-state index contributed by atoms with van der Waals surface area (Å²) in [7, 11) is -3.80. The molecule has 2 N–H and O–H groups in total. The molecule has 7 heteroatoms. The molecule has 0 heterocycles. The topological polar surface area (TPSA) is 84.5 Å². The fraction of sp³-hybridized carbons (Fsp3) is 0.350. The lowest BCUT2D eigenvalue weighted by Crippen LogP contribution is -2.15. The fourth-order valence-electron chi connectivity index (χ4n) is 2.44. The van der Waals surface area contributed by atoms with Crippen LogP contribution in [0.25, 0.3) is 0 Å². The Kier molecular flexibility index (Phi) is 6.85. The van der Waals surface area contributed by atoms with Gasteiger partial charge in [0.2, 0.25) is 5.91 Å². The van der Waals surface area contributed by atoms with Gasteiger partial charge >= 0.3 is 0 Å². The zero-order valence-corrected chi connectivity index (χ0v) is 16.9. The molecule has 0 aromatic heterocycles. The van der Waals surface area contributed by atoms with Crippen LogP contribution in [-0.2, 0) is 14.8 Å². The van der Waals surface area contributed by atoms with E-state index in [2.05, 4.69) is 23.9 Å². The van der Waals surface area contributed by atoms with Crippen LogP contribution in [0.5, 0.6) is 5.75 Å². The minimum Gasteiger partial charge on any atom is -0.492 e. The van der Waals surface area contributed by atoms with Crippen LogP contribution in [0.15, 0.2) is 47.4 Å². The van der Waals surface area contributed by atoms with Crippen LogP contribution >= 0.6 is 0 Å². The van der Waals surface area contributed by atoms with E-state index in [1.807, 2.05) is 19.1 Å². The van der Waals surface area contributed by atoms with E-state index < -0.39 is 10.0 Å². The summed E-state index contributed by atoms with van der Waals surface area (Å²) in [5.74, 6) is 0.578. The first-order valence-electron chi connectivity index (χ1n) is 8.96. The van der Waals surface area contributed by atoms with E-state index in [1.54, 1.807) is 25.1 Å². The SMILES string of the molecule is CCOc1ccc(S(=O)(=O)Nc2ccc(C(C)C)cc2)cc1NC(=O)CC. The Bertz CT molecular complexity index is 891. The molecule has 0 bridgehead atoms. The Morgan fingerprint density at radius 3 is 2.30 bits per heavy atom. The molecule has 0 aliphatic heterocycles. The Morgan fingerprint density at radius 1 is 1.07 bits per heavy atom. The van der Waals surface area contributed by atoms with Gasteiger partial charge in [-0.15, -0.1) is 0 Å². The van der Waals surface area contributed by atoms with Crippen molar-refractivity contribution in [3.05, 3.63) is 48.0 Å². The number of benzene rings is 2. The molecule has 2 aromatic rings. The average molecular weight is 391 g/mol. The minimum absolute atomic E-state index is 0.0466. The molecule has 146 valence electrons. The van der Waals surface area contributed by atoms with Gasteiger partial charge < -0.3 is 10.1 Å². The van der Waals surface area contributed by atoms with Gasteiger partial charge in [-0.25, -0.2) is 8.42 Å². The number of amides is 1. The standard InChI is InChI=1S/C20H26N2O4S/c1-5-20(23)21-18-13-17(11-12-19(18)26-6-2)27(24,25)22-16-9-7-15(8-10-16)14(3)4/h7-14,22H,5-6H2,1-4H3,(H,21,23). The second-order valence-corrected chi connectivity index (χ2v) is 8.06. The van der Waals surface area contributed by atoms with Crippen molar-refractivity contribution in [1.82, 2.24) is 0 Å². The van der Waals surface area contributed by atoms with Gasteiger partial charge in [0.25, 0.3) is 10.0 Å². The highest BCUT2D eigenvalue weighted by Gasteiger charge is 2.18. The number of anilines is 2. The van der Waals surface area contributed by atoms with Crippen LogP contribution in [0.4, 0.5) is 11.4 Å². The van der Waals surface area contributed by atoms with Crippen LogP contribution in [0, 0.1) is 0 Å². The van der Waals surface area contributed by atoms with Crippen LogP contribution in [0.1, 0.15) is 45.6 Å². The quantitative estimate of drug-likeness (QED) is 0.701. The summed E-state index contributed by atoms with van der Waals surface area (Å²) in [4.78, 5) is 11.8. The monoisotopic (exact) mass is 390 g/mol. The lowest BCUT2D eigenvalue weighted by molar-refractivity contribution is -0.115. The Hall–Kier alpha value is -2.54. The molecular weight excluding hydrogens is 364 g/mol. The third kappa shape index (κ3) is 5.47. The average Bonchev–Trinajstić information content (AvgIpc) is 2.63. The van der Waals surface area contributed by atoms with Crippen molar-refractivity contribution in [2.75, 3.05) is 16.6 Å². The van der Waals surface area contributed by atoms with E-state index in [1.165, 1.54) is 12.1 Å². The predicted octanol–water partition coefficient (Wildman–Crippen LogP) is 4.36. The van der Waals surface area contributed by atoms with Crippen LogP contribution in [-0.4, -0.2) is 20.9 Å². The number of carbonyl (C=O) groups excluding carboxylic acids is 1. The number of sulfonamides is 1. The van der Waals surface area contributed by atoms with Gasteiger partial charge in [0.05, 0.1) is 17.2 Å². The van der Waals surface area contributed by atoms with Crippen LogP contribution < -0.4 is 14.8 Å². The molecule has 0 atom stereocenters. The molecule has 2 aromatic carbocycles. The molecule has 0 saturated carbocycles. The van der Waals surface area contributed by atoms with E-state index in [4.69, 9.17) is 4.74 Å². The van der Waals surface area contributed by atoms with E-state index in [0.29, 0.717) is 29.6 Å². The molecular formula is C20H26N2O4S. The van der Waals surface area contributed by atoms with E-state index >= 15 is 0 Å². The number of hydrogen-bond acceptors (Lipinski definition) is 4. The van der Waals surface area contributed by atoms with Gasteiger partial charge in [0.15, 0.2) is 0 Å². The third-order valence-electron chi connectivity index (χ3n) is 3.99. The lowest BCUT2D eigenvalue weighted by Gasteiger charge is -2.14. The molecule has 0 radical (unpaired) electrons. The summed E-state index contributed by atoms with van der Waals surface area (Å²) >= 11 is 0. The second-order valence-electron chi connectivity index (χ2n) is 6.37. The maximum absolute atomic E-state index is 12.7. The maximum Gasteiger partial charge on any atom is 0.261 e. The molecule has 0 aliphatic carbocycles. The molecule has 0 spiro atoms.